The van der Waals surface area contributed by atoms with Crippen LogP contribution in [0.3, 0.4) is 0 Å². The van der Waals surface area contributed by atoms with E-state index < -0.39 is 6.10 Å². The number of nitrogens with zero attached hydrogens (tertiary/aromatic N) is 1. The fourth-order valence-corrected chi connectivity index (χ4v) is 3.73. The number of aromatic nitrogens is 1. The molecule has 1 aromatic rings. The van der Waals surface area contributed by atoms with Gasteiger partial charge in [-0.2, -0.15) is 0 Å². The van der Waals surface area contributed by atoms with Crippen LogP contribution in [-0.4, -0.2) is 36.0 Å². The molecule has 1 atom stereocenters. The highest BCUT2D eigenvalue weighted by Crippen LogP contribution is 2.39. The average molecular weight is 320 g/mol. The monoisotopic (exact) mass is 320 g/mol. The van der Waals surface area contributed by atoms with Gasteiger partial charge in [-0.1, -0.05) is 11.6 Å². The van der Waals surface area contributed by atoms with Crippen LogP contribution >= 0.6 is 0 Å². The maximum atomic E-state index is 12.4. The van der Waals surface area contributed by atoms with Crippen LogP contribution in [0.4, 0.5) is 0 Å². The van der Waals surface area contributed by atoms with Gasteiger partial charge >= 0.3 is 0 Å². The van der Waals surface area contributed by atoms with Gasteiger partial charge in [0, 0.05) is 12.0 Å². The first kappa shape index (κ1) is 15.1. The highest BCUT2D eigenvalue weighted by Gasteiger charge is 2.45. The van der Waals surface area contributed by atoms with Gasteiger partial charge in [-0.3, -0.25) is 4.79 Å². The van der Waals surface area contributed by atoms with E-state index in [4.69, 9.17) is 14.0 Å². The molecule has 6 nitrogen and oxygen atoms in total. The summed E-state index contributed by atoms with van der Waals surface area (Å²) in [5, 5.41) is 7.10. The summed E-state index contributed by atoms with van der Waals surface area (Å²) >= 11 is 0. The highest BCUT2D eigenvalue weighted by molar-refractivity contribution is 5.81. The third-order valence-electron chi connectivity index (χ3n) is 5.30. The van der Waals surface area contributed by atoms with Crippen molar-refractivity contribution in [1.82, 2.24) is 10.5 Å². The van der Waals surface area contributed by atoms with Gasteiger partial charge in [-0.05, 0) is 38.5 Å². The summed E-state index contributed by atoms with van der Waals surface area (Å²) in [7, 11) is 0. The molecule has 0 aromatic carbocycles. The van der Waals surface area contributed by atoms with E-state index in [1.54, 1.807) is 0 Å². The standard InChI is InChI=1S/C17H24N2O4/c20-16(15-10-21-11-17(22-15)7-4-8-17)18-9-13-12-5-2-1-3-6-14(12)23-19-13/h15H,1-11H2,(H,18,20). The Morgan fingerprint density at radius 2 is 2.09 bits per heavy atom. The summed E-state index contributed by atoms with van der Waals surface area (Å²) in [6, 6.07) is 0. The Morgan fingerprint density at radius 1 is 1.22 bits per heavy atom. The molecule has 1 saturated heterocycles. The minimum atomic E-state index is -0.505. The number of fused-ring (bicyclic) bond motifs is 1. The number of hydrogen-bond acceptors (Lipinski definition) is 5. The van der Waals surface area contributed by atoms with Crippen molar-refractivity contribution in [2.24, 2.45) is 0 Å². The fraction of sp³-hybridized carbons (Fsp3) is 0.765. The van der Waals surface area contributed by atoms with Crippen molar-refractivity contribution >= 4 is 5.91 Å². The van der Waals surface area contributed by atoms with E-state index in [2.05, 4.69) is 10.5 Å². The number of aryl methyl sites for hydroxylation is 1. The second kappa shape index (κ2) is 6.24. The molecule has 1 spiro atoms. The second-order valence-corrected chi connectivity index (χ2v) is 6.97. The molecule has 1 saturated carbocycles. The second-order valence-electron chi connectivity index (χ2n) is 6.97. The number of nitrogens with one attached hydrogen (secondary N) is 1. The maximum Gasteiger partial charge on any atom is 0.251 e. The predicted molar refractivity (Wildman–Crippen MR) is 81.9 cm³/mol. The van der Waals surface area contributed by atoms with Crippen molar-refractivity contribution in [2.75, 3.05) is 13.2 Å². The van der Waals surface area contributed by atoms with Crippen molar-refractivity contribution in [1.29, 1.82) is 0 Å². The van der Waals surface area contributed by atoms with Crippen molar-refractivity contribution in [3.63, 3.8) is 0 Å². The molecule has 6 heteroatoms. The third kappa shape index (κ3) is 3.02. The van der Waals surface area contributed by atoms with Crippen molar-refractivity contribution in [3.8, 4) is 0 Å². The molecule has 3 aliphatic rings. The van der Waals surface area contributed by atoms with Crippen LogP contribution in [0.15, 0.2) is 4.52 Å². The van der Waals surface area contributed by atoms with Gasteiger partial charge in [-0.15, -0.1) is 0 Å². The quantitative estimate of drug-likeness (QED) is 0.861. The fourth-order valence-electron chi connectivity index (χ4n) is 3.73. The van der Waals surface area contributed by atoms with Gasteiger partial charge in [0.2, 0.25) is 0 Å². The Bertz CT molecular complexity index is 579. The Hall–Kier alpha value is -1.40. The maximum absolute atomic E-state index is 12.4. The van der Waals surface area contributed by atoms with Crippen LogP contribution in [0.25, 0.3) is 0 Å². The zero-order valence-electron chi connectivity index (χ0n) is 13.4. The van der Waals surface area contributed by atoms with E-state index in [0.717, 1.165) is 56.4 Å². The number of amides is 1. The van der Waals surface area contributed by atoms with Crippen LogP contribution in [0.1, 0.15) is 55.5 Å². The summed E-state index contributed by atoms with van der Waals surface area (Å²) in [6.45, 7) is 1.36. The van der Waals surface area contributed by atoms with Gasteiger partial charge in [0.15, 0.2) is 6.10 Å². The third-order valence-corrected chi connectivity index (χ3v) is 5.30. The molecule has 2 aliphatic carbocycles. The van der Waals surface area contributed by atoms with E-state index in [0.29, 0.717) is 19.8 Å². The molecule has 1 aliphatic heterocycles. The number of carbonyl (C=O) groups is 1. The van der Waals surface area contributed by atoms with Crippen LogP contribution in [0, 0.1) is 0 Å². The SMILES string of the molecule is O=C(NCc1noc2c1CCCCC2)C1COCC2(CCC2)O1. The Morgan fingerprint density at radius 3 is 2.91 bits per heavy atom. The molecule has 1 N–H and O–H groups in total. The first-order chi connectivity index (χ1) is 11.3. The summed E-state index contributed by atoms with van der Waals surface area (Å²) in [6.07, 6.45) is 8.14. The van der Waals surface area contributed by atoms with E-state index in [1.807, 2.05) is 0 Å². The van der Waals surface area contributed by atoms with Crippen LogP contribution in [0.2, 0.25) is 0 Å². The summed E-state index contributed by atoms with van der Waals surface area (Å²) in [4.78, 5) is 12.4. The lowest BCUT2D eigenvalue weighted by atomic mass is 9.80. The first-order valence-corrected chi connectivity index (χ1v) is 8.75. The lowest BCUT2D eigenvalue weighted by Crippen LogP contribution is -2.56. The zero-order chi connectivity index (χ0) is 15.7. The predicted octanol–water partition coefficient (Wildman–Crippen LogP) is 1.90. The van der Waals surface area contributed by atoms with Gasteiger partial charge in [0.25, 0.3) is 5.91 Å². The van der Waals surface area contributed by atoms with E-state index in [9.17, 15) is 4.79 Å². The molecule has 1 amide bonds. The molecule has 23 heavy (non-hydrogen) atoms. The van der Waals surface area contributed by atoms with E-state index >= 15 is 0 Å². The summed E-state index contributed by atoms with van der Waals surface area (Å²) in [5.41, 5.74) is 1.86. The zero-order valence-corrected chi connectivity index (χ0v) is 13.4. The lowest BCUT2D eigenvalue weighted by molar-refractivity contribution is -0.226. The molecule has 2 heterocycles. The first-order valence-electron chi connectivity index (χ1n) is 8.75. The molecular weight excluding hydrogens is 296 g/mol. The van der Waals surface area contributed by atoms with Crippen LogP contribution < -0.4 is 5.32 Å². The molecule has 1 aromatic heterocycles. The minimum Gasteiger partial charge on any atom is -0.375 e. The van der Waals surface area contributed by atoms with E-state index in [-0.39, 0.29) is 11.5 Å². The minimum absolute atomic E-state index is 0.110. The molecule has 0 bridgehead atoms. The Balaban J connectivity index is 1.35. The van der Waals surface area contributed by atoms with Gasteiger partial charge in [-0.25, -0.2) is 0 Å². The smallest absolute Gasteiger partial charge is 0.251 e. The van der Waals surface area contributed by atoms with Gasteiger partial charge in [0.05, 0.1) is 25.4 Å². The number of hydrogen-bond donors (Lipinski definition) is 1. The van der Waals surface area contributed by atoms with Crippen molar-refractivity contribution < 1.29 is 18.8 Å². The highest BCUT2D eigenvalue weighted by atomic mass is 16.6. The summed E-state index contributed by atoms with van der Waals surface area (Å²) < 4.78 is 17.0. The molecule has 1 unspecified atom stereocenters. The van der Waals surface area contributed by atoms with E-state index in [1.165, 1.54) is 12.0 Å². The van der Waals surface area contributed by atoms with Crippen molar-refractivity contribution in [2.45, 2.75) is 69.6 Å². The molecule has 0 radical (unpaired) electrons. The topological polar surface area (TPSA) is 73.6 Å². The Labute approximate surface area is 135 Å². The largest absolute Gasteiger partial charge is 0.375 e. The normalized spacial score (nSPS) is 26.2. The molecule has 4 rings (SSSR count). The van der Waals surface area contributed by atoms with Gasteiger partial charge < -0.3 is 19.3 Å². The lowest BCUT2D eigenvalue weighted by Gasteiger charge is -2.46. The number of carbonyl (C=O) groups excluding carboxylic acids is 1. The average Bonchev–Trinajstić information content (AvgIpc) is 2.78. The summed E-state index contributed by atoms with van der Waals surface area (Å²) in [5.74, 6) is 0.888. The molecular formula is C17H24N2O4. The molecule has 126 valence electrons. The van der Waals surface area contributed by atoms with Crippen LogP contribution in [0.5, 0.6) is 0 Å². The number of rotatable bonds is 3. The van der Waals surface area contributed by atoms with Crippen LogP contribution in [-0.2, 0) is 33.7 Å². The van der Waals surface area contributed by atoms with Crippen molar-refractivity contribution in [3.05, 3.63) is 17.0 Å². The van der Waals surface area contributed by atoms with Gasteiger partial charge in [0.1, 0.15) is 11.5 Å². The molecule has 2 fully saturated rings. The number of ether oxygens (including phenoxy) is 2. The Kier molecular flexibility index (Phi) is 4.11.